The van der Waals surface area contributed by atoms with Gasteiger partial charge in [-0.2, -0.15) is 4.31 Å². The van der Waals surface area contributed by atoms with Crippen LogP contribution in [-0.4, -0.2) is 59.2 Å². The van der Waals surface area contributed by atoms with Gasteiger partial charge in [0.25, 0.3) is 5.91 Å². The zero-order valence-electron chi connectivity index (χ0n) is 16.0. The first kappa shape index (κ1) is 21.0. The van der Waals surface area contributed by atoms with Crippen LogP contribution in [0.2, 0.25) is 0 Å². The third-order valence-electron chi connectivity index (χ3n) is 4.43. The predicted molar refractivity (Wildman–Crippen MR) is 103 cm³/mol. The number of nitrogens with zero attached hydrogens (tertiary/aromatic N) is 1. The molecule has 1 amide bonds. The zero-order valence-corrected chi connectivity index (χ0v) is 16.8. The number of hydrogen-bond donors (Lipinski definition) is 1. The second kappa shape index (κ2) is 8.76. The molecule has 1 saturated heterocycles. The molecule has 29 heavy (non-hydrogen) atoms. The van der Waals surface area contributed by atoms with E-state index in [4.69, 9.17) is 14.2 Å². The molecule has 0 unspecified atom stereocenters. The molecule has 2 aromatic carbocycles. The van der Waals surface area contributed by atoms with Crippen LogP contribution in [0.1, 0.15) is 10.4 Å². The summed E-state index contributed by atoms with van der Waals surface area (Å²) in [4.78, 5) is 12.1. The number of rotatable bonds is 6. The fourth-order valence-electron chi connectivity index (χ4n) is 2.89. The number of anilines is 1. The highest BCUT2D eigenvalue weighted by Crippen LogP contribution is 2.27. The molecular weight excluding hydrogens is 403 g/mol. The summed E-state index contributed by atoms with van der Waals surface area (Å²) in [6, 6.07) is 8.07. The van der Waals surface area contributed by atoms with E-state index in [0.29, 0.717) is 5.75 Å². The van der Waals surface area contributed by atoms with Crippen LogP contribution in [0.5, 0.6) is 11.5 Å². The van der Waals surface area contributed by atoms with E-state index < -0.39 is 26.6 Å². The Hall–Kier alpha value is -2.69. The minimum Gasteiger partial charge on any atom is -0.497 e. The number of hydrogen-bond acceptors (Lipinski definition) is 6. The lowest BCUT2D eigenvalue weighted by Crippen LogP contribution is -2.40. The third kappa shape index (κ3) is 4.50. The van der Waals surface area contributed by atoms with Crippen molar-refractivity contribution in [3.63, 3.8) is 0 Å². The third-order valence-corrected chi connectivity index (χ3v) is 6.34. The van der Waals surface area contributed by atoms with Crippen LogP contribution >= 0.6 is 0 Å². The molecule has 0 spiro atoms. The smallest absolute Gasteiger partial charge is 0.259 e. The van der Waals surface area contributed by atoms with E-state index in [2.05, 4.69) is 5.32 Å². The number of carbonyl (C=O) groups excluding carboxylic acids is 1. The monoisotopic (exact) mass is 424 g/mol. The molecule has 1 aliphatic heterocycles. The molecule has 0 aliphatic carbocycles. The predicted octanol–water partition coefficient (Wildman–Crippen LogP) is 2.12. The maximum atomic E-state index is 14.3. The second-order valence-corrected chi connectivity index (χ2v) is 8.09. The topological polar surface area (TPSA) is 94.2 Å². The molecule has 156 valence electrons. The van der Waals surface area contributed by atoms with Crippen LogP contribution < -0.4 is 14.8 Å². The Labute approximate surface area is 168 Å². The van der Waals surface area contributed by atoms with Crippen molar-refractivity contribution in [2.75, 3.05) is 45.8 Å². The highest BCUT2D eigenvalue weighted by Gasteiger charge is 2.29. The van der Waals surface area contributed by atoms with Gasteiger partial charge in [-0.15, -0.1) is 0 Å². The second-order valence-electron chi connectivity index (χ2n) is 6.18. The van der Waals surface area contributed by atoms with Crippen LogP contribution in [0.3, 0.4) is 0 Å². The van der Waals surface area contributed by atoms with E-state index in [1.54, 1.807) is 12.1 Å². The molecular formula is C19H21FN2O6S. The number of amides is 1. The number of morpholine rings is 1. The van der Waals surface area contributed by atoms with E-state index >= 15 is 0 Å². The fraction of sp³-hybridized carbons (Fsp3) is 0.316. The summed E-state index contributed by atoms with van der Waals surface area (Å²) < 4.78 is 56.5. The molecule has 0 atom stereocenters. The van der Waals surface area contributed by atoms with E-state index in [1.807, 2.05) is 0 Å². The Balaban J connectivity index is 1.87. The number of benzene rings is 2. The quantitative estimate of drug-likeness (QED) is 0.764. The van der Waals surface area contributed by atoms with Crippen molar-refractivity contribution in [1.29, 1.82) is 0 Å². The van der Waals surface area contributed by atoms with Gasteiger partial charge in [-0.05, 0) is 30.3 Å². The minimum atomic E-state index is -4.05. The Morgan fingerprint density at radius 1 is 1.10 bits per heavy atom. The van der Waals surface area contributed by atoms with Gasteiger partial charge in [-0.3, -0.25) is 4.79 Å². The lowest BCUT2D eigenvalue weighted by atomic mass is 10.1. The van der Waals surface area contributed by atoms with Crippen molar-refractivity contribution < 1.29 is 31.8 Å². The number of methoxy groups -OCH3 is 2. The van der Waals surface area contributed by atoms with Gasteiger partial charge in [-0.25, -0.2) is 12.8 Å². The number of carbonyl (C=O) groups is 1. The first-order chi connectivity index (χ1) is 13.9. The summed E-state index contributed by atoms with van der Waals surface area (Å²) in [6.45, 7) is 0.770. The van der Waals surface area contributed by atoms with Gasteiger partial charge >= 0.3 is 0 Å². The van der Waals surface area contributed by atoms with Gasteiger partial charge in [0.05, 0.1) is 33.0 Å². The van der Waals surface area contributed by atoms with Gasteiger partial charge < -0.3 is 19.5 Å². The van der Waals surface area contributed by atoms with Crippen LogP contribution in [0.25, 0.3) is 0 Å². The largest absolute Gasteiger partial charge is 0.497 e. The zero-order chi connectivity index (χ0) is 21.0. The first-order valence-corrected chi connectivity index (χ1v) is 10.2. The standard InChI is InChI=1S/C19H21FN2O6S/c1-26-14-4-5-15(17(12-14)27-2)19(23)21-13-3-6-16(20)18(11-13)29(24,25)22-7-9-28-10-8-22/h3-6,11-12H,7-10H2,1-2H3,(H,21,23). The van der Waals surface area contributed by atoms with Crippen molar-refractivity contribution in [1.82, 2.24) is 4.31 Å². The summed E-state index contributed by atoms with van der Waals surface area (Å²) in [5.41, 5.74) is 0.358. The van der Waals surface area contributed by atoms with Crippen molar-refractivity contribution in [3.05, 3.63) is 47.8 Å². The molecule has 1 aliphatic rings. The maximum absolute atomic E-state index is 14.3. The highest BCUT2D eigenvalue weighted by atomic mass is 32.2. The molecule has 10 heteroatoms. The average Bonchev–Trinajstić information content (AvgIpc) is 2.75. The van der Waals surface area contributed by atoms with Crippen molar-refractivity contribution >= 4 is 21.6 Å². The van der Waals surface area contributed by atoms with E-state index in [9.17, 15) is 17.6 Å². The summed E-state index contributed by atoms with van der Waals surface area (Å²) >= 11 is 0. The number of nitrogens with one attached hydrogen (secondary N) is 1. The summed E-state index contributed by atoms with van der Waals surface area (Å²) in [5, 5.41) is 2.58. The van der Waals surface area contributed by atoms with Crippen LogP contribution in [0.15, 0.2) is 41.3 Å². The van der Waals surface area contributed by atoms with Crippen LogP contribution in [0, 0.1) is 5.82 Å². The van der Waals surface area contributed by atoms with Gasteiger partial charge in [0.2, 0.25) is 10.0 Å². The SMILES string of the molecule is COc1ccc(C(=O)Nc2ccc(F)c(S(=O)(=O)N3CCOCC3)c2)c(OC)c1. The molecule has 0 saturated carbocycles. The van der Waals surface area contributed by atoms with E-state index in [0.717, 1.165) is 16.4 Å². The lowest BCUT2D eigenvalue weighted by Gasteiger charge is -2.26. The Morgan fingerprint density at radius 2 is 1.83 bits per heavy atom. The molecule has 0 bridgehead atoms. The molecule has 3 rings (SSSR count). The highest BCUT2D eigenvalue weighted by molar-refractivity contribution is 7.89. The molecule has 1 heterocycles. The molecule has 2 aromatic rings. The van der Waals surface area contributed by atoms with Gasteiger partial charge in [-0.1, -0.05) is 0 Å². The van der Waals surface area contributed by atoms with E-state index in [-0.39, 0.29) is 43.3 Å². The summed E-state index contributed by atoms with van der Waals surface area (Å²) in [6.07, 6.45) is 0. The minimum absolute atomic E-state index is 0.140. The molecule has 1 fully saturated rings. The van der Waals surface area contributed by atoms with Crippen LogP contribution in [-0.2, 0) is 14.8 Å². The molecule has 0 radical (unpaired) electrons. The van der Waals surface area contributed by atoms with Crippen molar-refractivity contribution in [3.8, 4) is 11.5 Å². The van der Waals surface area contributed by atoms with Crippen LogP contribution in [0.4, 0.5) is 10.1 Å². The Morgan fingerprint density at radius 3 is 2.48 bits per heavy atom. The Bertz CT molecular complexity index is 1010. The van der Waals surface area contributed by atoms with Gasteiger partial charge in [0.15, 0.2) is 0 Å². The summed E-state index contributed by atoms with van der Waals surface area (Å²) in [5.74, 6) is -0.633. The van der Waals surface area contributed by atoms with Crippen molar-refractivity contribution in [2.45, 2.75) is 4.90 Å². The number of sulfonamides is 1. The lowest BCUT2D eigenvalue weighted by molar-refractivity contribution is 0.0729. The average molecular weight is 424 g/mol. The van der Waals surface area contributed by atoms with Crippen molar-refractivity contribution in [2.24, 2.45) is 0 Å². The van der Waals surface area contributed by atoms with Gasteiger partial charge in [0.1, 0.15) is 22.2 Å². The Kier molecular flexibility index (Phi) is 6.36. The summed E-state index contributed by atoms with van der Waals surface area (Å²) in [7, 11) is -1.15. The maximum Gasteiger partial charge on any atom is 0.259 e. The first-order valence-electron chi connectivity index (χ1n) is 8.77. The molecule has 0 aromatic heterocycles. The number of halogens is 1. The number of ether oxygens (including phenoxy) is 3. The fourth-order valence-corrected chi connectivity index (χ4v) is 4.39. The van der Waals surface area contributed by atoms with Gasteiger partial charge in [0, 0.05) is 24.8 Å². The normalized spacial score (nSPS) is 15.0. The van der Waals surface area contributed by atoms with E-state index in [1.165, 1.54) is 26.4 Å². The molecule has 1 N–H and O–H groups in total. The molecule has 8 nitrogen and oxygen atoms in total.